The maximum absolute atomic E-state index is 11.8. The largest absolute Gasteiger partial charge is 0.449 e. The number of hydrogen-bond acceptors (Lipinski definition) is 3. The van der Waals surface area contributed by atoms with Gasteiger partial charge in [0.2, 0.25) is 0 Å². The summed E-state index contributed by atoms with van der Waals surface area (Å²) in [6.45, 7) is 9.15. The van der Waals surface area contributed by atoms with E-state index in [1.54, 1.807) is 0 Å². The van der Waals surface area contributed by atoms with E-state index in [2.05, 4.69) is 26.1 Å². The fourth-order valence-electron chi connectivity index (χ4n) is 1.70. The summed E-state index contributed by atoms with van der Waals surface area (Å²) >= 11 is 0. The van der Waals surface area contributed by atoms with Gasteiger partial charge in [-0.05, 0) is 20.3 Å². The zero-order chi connectivity index (χ0) is 11.3. The Morgan fingerprint density at radius 2 is 2.27 bits per heavy atom. The van der Waals surface area contributed by atoms with Crippen molar-refractivity contribution in [1.29, 1.82) is 0 Å². The standard InChI is InChI=1S/C11H22N2O2/c1-4-5-8-15-10(14)13-7-6-12-9-11(13,2)3/h12H,4-9H2,1-3H3. The Morgan fingerprint density at radius 3 is 2.87 bits per heavy atom. The predicted molar refractivity (Wildman–Crippen MR) is 59.9 cm³/mol. The molecule has 1 heterocycles. The lowest BCUT2D eigenvalue weighted by atomic mass is 10.0. The van der Waals surface area contributed by atoms with Gasteiger partial charge >= 0.3 is 6.09 Å². The Balaban J connectivity index is 2.42. The topological polar surface area (TPSA) is 41.6 Å². The highest BCUT2D eigenvalue weighted by Gasteiger charge is 2.34. The van der Waals surface area contributed by atoms with Gasteiger partial charge in [0.1, 0.15) is 0 Å². The van der Waals surface area contributed by atoms with Gasteiger partial charge in [-0.25, -0.2) is 4.79 Å². The van der Waals surface area contributed by atoms with Crippen molar-refractivity contribution in [3.63, 3.8) is 0 Å². The summed E-state index contributed by atoms with van der Waals surface area (Å²) in [5.74, 6) is 0. The second-order valence-corrected chi connectivity index (χ2v) is 4.61. The molecule has 1 N–H and O–H groups in total. The van der Waals surface area contributed by atoms with Gasteiger partial charge in [0.15, 0.2) is 0 Å². The maximum Gasteiger partial charge on any atom is 0.410 e. The molecule has 1 amide bonds. The number of nitrogens with zero attached hydrogens (tertiary/aromatic N) is 1. The van der Waals surface area contributed by atoms with Crippen LogP contribution < -0.4 is 5.32 Å². The zero-order valence-corrected chi connectivity index (χ0v) is 10.0. The third-order valence-corrected chi connectivity index (χ3v) is 2.74. The quantitative estimate of drug-likeness (QED) is 0.726. The van der Waals surface area contributed by atoms with Crippen LogP contribution in [0.5, 0.6) is 0 Å². The van der Waals surface area contributed by atoms with Gasteiger partial charge in [-0.1, -0.05) is 13.3 Å². The summed E-state index contributed by atoms with van der Waals surface area (Å²) in [5, 5.41) is 3.28. The molecule has 0 bridgehead atoms. The molecule has 1 aliphatic heterocycles. The van der Waals surface area contributed by atoms with E-state index in [-0.39, 0.29) is 11.6 Å². The van der Waals surface area contributed by atoms with Crippen molar-refractivity contribution >= 4 is 6.09 Å². The molecule has 1 aliphatic rings. The normalized spacial score (nSPS) is 20.1. The van der Waals surface area contributed by atoms with E-state index >= 15 is 0 Å². The zero-order valence-electron chi connectivity index (χ0n) is 10.0. The molecular formula is C11H22N2O2. The predicted octanol–water partition coefficient (Wildman–Crippen LogP) is 1.61. The minimum Gasteiger partial charge on any atom is -0.449 e. The molecule has 4 nitrogen and oxygen atoms in total. The first-order chi connectivity index (χ1) is 7.08. The van der Waals surface area contributed by atoms with Gasteiger partial charge < -0.3 is 15.0 Å². The number of nitrogens with one attached hydrogen (secondary N) is 1. The molecule has 88 valence electrons. The van der Waals surface area contributed by atoms with Crippen molar-refractivity contribution in [2.24, 2.45) is 0 Å². The van der Waals surface area contributed by atoms with Crippen LogP contribution in [0.3, 0.4) is 0 Å². The van der Waals surface area contributed by atoms with Crippen molar-refractivity contribution in [3.05, 3.63) is 0 Å². The highest BCUT2D eigenvalue weighted by molar-refractivity contribution is 5.68. The summed E-state index contributed by atoms with van der Waals surface area (Å²) in [4.78, 5) is 13.6. The Kier molecular flexibility index (Phi) is 4.39. The molecule has 0 aliphatic carbocycles. The number of hydrogen-bond donors (Lipinski definition) is 1. The third kappa shape index (κ3) is 3.38. The van der Waals surface area contributed by atoms with Crippen molar-refractivity contribution in [2.75, 3.05) is 26.2 Å². The minimum absolute atomic E-state index is 0.137. The molecular weight excluding hydrogens is 192 g/mol. The van der Waals surface area contributed by atoms with E-state index in [9.17, 15) is 4.79 Å². The lowest BCUT2D eigenvalue weighted by molar-refractivity contribution is 0.0494. The molecule has 4 heteroatoms. The number of piperazine rings is 1. The fourth-order valence-corrected chi connectivity index (χ4v) is 1.70. The number of carbonyl (C=O) groups excluding carboxylic acids is 1. The van der Waals surface area contributed by atoms with Crippen LogP contribution in [0.4, 0.5) is 4.79 Å². The molecule has 0 aromatic rings. The number of amides is 1. The Labute approximate surface area is 92.0 Å². The maximum atomic E-state index is 11.8. The molecule has 0 spiro atoms. The highest BCUT2D eigenvalue weighted by atomic mass is 16.6. The highest BCUT2D eigenvalue weighted by Crippen LogP contribution is 2.17. The molecule has 0 aromatic heterocycles. The first-order valence-electron chi connectivity index (χ1n) is 5.73. The van der Waals surface area contributed by atoms with E-state index in [0.29, 0.717) is 6.61 Å². The van der Waals surface area contributed by atoms with Gasteiger partial charge in [-0.15, -0.1) is 0 Å². The SMILES string of the molecule is CCCCOC(=O)N1CCNCC1(C)C. The second-order valence-electron chi connectivity index (χ2n) is 4.61. The molecule has 0 saturated carbocycles. The van der Waals surface area contributed by atoms with Crippen LogP contribution in [0.1, 0.15) is 33.6 Å². The Bertz CT molecular complexity index is 217. The van der Waals surface area contributed by atoms with Gasteiger partial charge in [-0.3, -0.25) is 0 Å². The van der Waals surface area contributed by atoms with E-state index in [0.717, 1.165) is 32.5 Å². The second kappa shape index (κ2) is 5.35. The van der Waals surface area contributed by atoms with Gasteiger partial charge in [-0.2, -0.15) is 0 Å². The minimum atomic E-state index is -0.171. The van der Waals surface area contributed by atoms with Crippen molar-refractivity contribution in [2.45, 2.75) is 39.2 Å². The number of ether oxygens (including phenoxy) is 1. The van der Waals surface area contributed by atoms with Crippen LogP contribution in [0.2, 0.25) is 0 Å². The molecule has 1 saturated heterocycles. The Morgan fingerprint density at radius 1 is 1.53 bits per heavy atom. The molecule has 1 fully saturated rings. The molecule has 0 radical (unpaired) electrons. The van der Waals surface area contributed by atoms with E-state index in [1.807, 2.05) is 4.90 Å². The summed E-state index contributed by atoms with van der Waals surface area (Å²) in [7, 11) is 0. The smallest absolute Gasteiger partial charge is 0.410 e. The van der Waals surface area contributed by atoms with Crippen LogP contribution in [0.15, 0.2) is 0 Å². The first-order valence-corrected chi connectivity index (χ1v) is 5.73. The summed E-state index contributed by atoms with van der Waals surface area (Å²) in [6.07, 6.45) is 1.83. The Hall–Kier alpha value is -0.770. The van der Waals surface area contributed by atoms with E-state index in [4.69, 9.17) is 4.74 Å². The van der Waals surface area contributed by atoms with Crippen LogP contribution in [0, 0.1) is 0 Å². The van der Waals surface area contributed by atoms with Crippen molar-refractivity contribution in [1.82, 2.24) is 10.2 Å². The van der Waals surface area contributed by atoms with E-state index < -0.39 is 0 Å². The fraction of sp³-hybridized carbons (Fsp3) is 0.909. The summed E-state index contributed by atoms with van der Waals surface area (Å²) < 4.78 is 5.22. The summed E-state index contributed by atoms with van der Waals surface area (Å²) in [6, 6.07) is 0. The average Bonchev–Trinajstić information content (AvgIpc) is 2.17. The van der Waals surface area contributed by atoms with Gasteiger partial charge in [0.05, 0.1) is 12.1 Å². The summed E-state index contributed by atoms with van der Waals surface area (Å²) in [5.41, 5.74) is -0.137. The average molecular weight is 214 g/mol. The van der Waals surface area contributed by atoms with Crippen LogP contribution >= 0.6 is 0 Å². The first kappa shape index (κ1) is 12.3. The van der Waals surface area contributed by atoms with Crippen LogP contribution in [-0.2, 0) is 4.74 Å². The van der Waals surface area contributed by atoms with Crippen molar-refractivity contribution < 1.29 is 9.53 Å². The number of carbonyl (C=O) groups is 1. The molecule has 15 heavy (non-hydrogen) atoms. The van der Waals surface area contributed by atoms with Gasteiger partial charge in [0, 0.05) is 19.6 Å². The molecule has 0 aromatic carbocycles. The molecule has 1 rings (SSSR count). The third-order valence-electron chi connectivity index (χ3n) is 2.74. The lowest BCUT2D eigenvalue weighted by Gasteiger charge is -2.41. The van der Waals surface area contributed by atoms with Crippen LogP contribution in [-0.4, -0.2) is 42.8 Å². The van der Waals surface area contributed by atoms with E-state index in [1.165, 1.54) is 0 Å². The monoisotopic (exact) mass is 214 g/mol. The van der Waals surface area contributed by atoms with Crippen molar-refractivity contribution in [3.8, 4) is 0 Å². The number of unbranched alkanes of at least 4 members (excludes halogenated alkanes) is 1. The molecule has 0 atom stereocenters. The van der Waals surface area contributed by atoms with Crippen LogP contribution in [0.25, 0.3) is 0 Å². The number of rotatable bonds is 3. The molecule has 0 unspecified atom stereocenters. The van der Waals surface area contributed by atoms with Gasteiger partial charge in [0.25, 0.3) is 0 Å². The lowest BCUT2D eigenvalue weighted by Crippen LogP contribution is -2.59.